The normalized spacial score (nSPS) is 14.0. The van der Waals surface area contributed by atoms with Crippen molar-refractivity contribution in [2.45, 2.75) is 0 Å². The summed E-state index contributed by atoms with van der Waals surface area (Å²) >= 11 is 6.16. The number of carbonyl (C=O) groups is 2. The molecule has 0 aliphatic carbocycles. The van der Waals surface area contributed by atoms with Crippen molar-refractivity contribution in [3.8, 4) is 17.2 Å². The third-order valence-corrected chi connectivity index (χ3v) is 5.22. The Morgan fingerprint density at radius 3 is 2.22 bits per heavy atom. The topological polar surface area (TPSA) is 86.3 Å². The van der Waals surface area contributed by atoms with Gasteiger partial charge in [-0.2, -0.15) is 0 Å². The van der Waals surface area contributed by atoms with Crippen LogP contribution in [0.15, 0.2) is 42.1 Å². The Hall–Kier alpha value is -3.23. The first-order chi connectivity index (χ1) is 15.5. The highest BCUT2D eigenvalue weighted by molar-refractivity contribution is 6.34. The molecule has 0 spiro atoms. The Kier molecular flexibility index (Phi) is 7.97. The first kappa shape index (κ1) is 23.4. The lowest BCUT2D eigenvalue weighted by molar-refractivity contribution is -0.131. The summed E-state index contributed by atoms with van der Waals surface area (Å²) in [6, 6.07) is 10.0. The Balaban J connectivity index is 2.01. The summed E-state index contributed by atoms with van der Waals surface area (Å²) in [6.07, 6.45) is 1.57. The van der Waals surface area contributed by atoms with Crippen LogP contribution < -0.4 is 19.5 Å². The number of benzene rings is 2. The lowest BCUT2D eigenvalue weighted by atomic mass is 10.1. The zero-order valence-corrected chi connectivity index (χ0v) is 18.9. The van der Waals surface area contributed by atoms with E-state index in [0.717, 1.165) is 0 Å². The average molecular weight is 461 g/mol. The average Bonchev–Trinajstić information content (AvgIpc) is 2.83. The molecule has 0 unspecified atom stereocenters. The van der Waals surface area contributed by atoms with Gasteiger partial charge in [0, 0.05) is 13.1 Å². The molecular weight excluding hydrogens is 436 g/mol. The van der Waals surface area contributed by atoms with Crippen molar-refractivity contribution in [2.75, 3.05) is 47.6 Å². The fourth-order valence-electron chi connectivity index (χ4n) is 3.27. The fraction of sp³-hybridized carbons (Fsp3) is 0.304. The van der Waals surface area contributed by atoms with Crippen LogP contribution in [0.2, 0.25) is 5.02 Å². The number of hydrogen-bond donors (Lipinski definition) is 1. The van der Waals surface area contributed by atoms with E-state index in [2.05, 4.69) is 5.32 Å². The van der Waals surface area contributed by atoms with Crippen LogP contribution in [0, 0.1) is 0 Å². The SMILES string of the molecule is COc1cc(/C=C(\NC(=O)c2ccccc2Cl)C(=O)N2CCOCC2)cc(OC)c1OC. The molecule has 2 aromatic carbocycles. The van der Waals surface area contributed by atoms with Crippen molar-refractivity contribution in [1.82, 2.24) is 10.2 Å². The Morgan fingerprint density at radius 2 is 1.66 bits per heavy atom. The molecule has 1 heterocycles. The highest BCUT2D eigenvalue weighted by Crippen LogP contribution is 2.38. The van der Waals surface area contributed by atoms with Crippen molar-refractivity contribution >= 4 is 29.5 Å². The van der Waals surface area contributed by atoms with Crippen LogP contribution in [0.4, 0.5) is 0 Å². The van der Waals surface area contributed by atoms with Gasteiger partial charge < -0.3 is 29.2 Å². The second-order valence-electron chi connectivity index (χ2n) is 6.86. The van der Waals surface area contributed by atoms with E-state index in [1.165, 1.54) is 21.3 Å². The minimum atomic E-state index is -0.490. The second-order valence-corrected chi connectivity index (χ2v) is 7.26. The summed E-state index contributed by atoms with van der Waals surface area (Å²) in [7, 11) is 4.51. The third-order valence-electron chi connectivity index (χ3n) is 4.89. The number of hydrogen-bond acceptors (Lipinski definition) is 6. The van der Waals surface area contributed by atoms with Gasteiger partial charge >= 0.3 is 0 Å². The summed E-state index contributed by atoms with van der Waals surface area (Å²) < 4.78 is 21.5. The second kappa shape index (κ2) is 10.9. The van der Waals surface area contributed by atoms with Gasteiger partial charge in [0.15, 0.2) is 11.5 Å². The summed E-state index contributed by atoms with van der Waals surface area (Å²) in [5, 5.41) is 3.00. The zero-order chi connectivity index (χ0) is 23.1. The monoisotopic (exact) mass is 460 g/mol. The zero-order valence-electron chi connectivity index (χ0n) is 18.1. The molecule has 1 fully saturated rings. The van der Waals surface area contributed by atoms with Gasteiger partial charge in [0.05, 0.1) is 45.1 Å². The van der Waals surface area contributed by atoms with Gasteiger partial charge in [0.25, 0.3) is 11.8 Å². The van der Waals surface area contributed by atoms with Crippen LogP contribution >= 0.6 is 11.6 Å². The lowest BCUT2D eigenvalue weighted by Crippen LogP contribution is -2.44. The van der Waals surface area contributed by atoms with Crippen LogP contribution in [0.3, 0.4) is 0 Å². The molecule has 0 radical (unpaired) electrons. The van der Waals surface area contributed by atoms with E-state index < -0.39 is 5.91 Å². The molecule has 3 rings (SSSR count). The summed E-state index contributed by atoms with van der Waals surface area (Å²) in [5.41, 5.74) is 0.932. The largest absolute Gasteiger partial charge is 0.493 e. The minimum absolute atomic E-state index is 0.0890. The summed E-state index contributed by atoms with van der Waals surface area (Å²) in [5.74, 6) is 0.453. The number of halogens is 1. The quantitative estimate of drug-likeness (QED) is 0.639. The van der Waals surface area contributed by atoms with Crippen molar-refractivity contribution < 1.29 is 28.5 Å². The number of nitrogens with one attached hydrogen (secondary N) is 1. The molecule has 32 heavy (non-hydrogen) atoms. The molecule has 0 bridgehead atoms. The number of ether oxygens (including phenoxy) is 4. The van der Waals surface area contributed by atoms with Gasteiger partial charge in [0.1, 0.15) is 5.70 Å². The predicted molar refractivity (Wildman–Crippen MR) is 120 cm³/mol. The standard InChI is InChI=1S/C23H25ClN2O6/c1-29-19-13-15(14-20(30-2)21(19)31-3)12-18(23(28)26-8-10-32-11-9-26)25-22(27)16-6-4-5-7-17(16)24/h4-7,12-14H,8-11H2,1-3H3,(H,25,27)/b18-12-. The van der Waals surface area contributed by atoms with E-state index in [4.69, 9.17) is 30.5 Å². The highest BCUT2D eigenvalue weighted by atomic mass is 35.5. The van der Waals surface area contributed by atoms with Crippen LogP contribution in [-0.2, 0) is 9.53 Å². The maximum atomic E-state index is 13.3. The van der Waals surface area contributed by atoms with Gasteiger partial charge in [-0.1, -0.05) is 23.7 Å². The molecular formula is C23H25ClN2O6. The number of carbonyl (C=O) groups excluding carboxylic acids is 2. The first-order valence-electron chi connectivity index (χ1n) is 9.93. The number of nitrogens with zero attached hydrogens (tertiary/aromatic N) is 1. The van der Waals surface area contributed by atoms with Gasteiger partial charge in [-0.3, -0.25) is 9.59 Å². The van der Waals surface area contributed by atoms with E-state index in [9.17, 15) is 9.59 Å². The highest BCUT2D eigenvalue weighted by Gasteiger charge is 2.24. The van der Waals surface area contributed by atoms with E-state index in [-0.39, 0.29) is 22.2 Å². The molecule has 9 heteroatoms. The lowest BCUT2D eigenvalue weighted by Gasteiger charge is -2.28. The molecule has 0 saturated carbocycles. The molecule has 1 aliphatic rings. The third kappa shape index (κ3) is 5.33. The predicted octanol–water partition coefficient (Wildman–Crippen LogP) is 3.00. The molecule has 2 amide bonds. The summed E-state index contributed by atoms with van der Waals surface area (Å²) in [4.78, 5) is 27.8. The first-order valence-corrected chi connectivity index (χ1v) is 10.3. The molecule has 0 atom stereocenters. The molecule has 1 saturated heterocycles. The van der Waals surface area contributed by atoms with Gasteiger partial charge in [0.2, 0.25) is 5.75 Å². The van der Waals surface area contributed by atoms with Gasteiger partial charge in [-0.15, -0.1) is 0 Å². The molecule has 2 aromatic rings. The smallest absolute Gasteiger partial charge is 0.270 e. The Morgan fingerprint density at radius 1 is 1.03 bits per heavy atom. The van der Waals surface area contributed by atoms with Crippen LogP contribution in [0.1, 0.15) is 15.9 Å². The number of methoxy groups -OCH3 is 3. The van der Waals surface area contributed by atoms with Crippen LogP contribution in [-0.4, -0.2) is 64.3 Å². The Bertz CT molecular complexity index is 992. The number of morpholine rings is 1. The molecule has 1 aliphatic heterocycles. The van der Waals surface area contributed by atoms with E-state index >= 15 is 0 Å². The van der Waals surface area contributed by atoms with Gasteiger partial charge in [-0.25, -0.2) is 0 Å². The van der Waals surface area contributed by atoms with E-state index in [1.807, 2.05) is 0 Å². The van der Waals surface area contributed by atoms with Gasteiger partial charge in [-0.05, 0) is 35.9 Å². The summed E-state index contributed by atoms with van der Waals surface area (Å²) in [6.45, 7) is 1.71. The van der Waals surface area contributed by atoms with E-state index in [1.54, 1.807) is 47.4 Å². The molecule has 0 aromatic heterocycles. The van der Waals surface area contributed by atoms with Crippen molar-refractivity contribution in [3.63, 3.8) is 0 Å². The van der Waals surface area contributed by atoms with Crippen molar-refractivity contribution in [3.05, 3.63) is 58.2 Å². The van der Waals surface area contributed by atoms with E-state index in [0.29, 0.717) is 49.1 Å². The Labute approximate surface area is 191 Å². The minimum Gasteiger partial charge on any atom is -0.493 e. The molecule has 170 valence electrons. The number of rotatable bonds is 7. The van der Waals surface area contributed by atoms with Crippen LogP contribution in [0.25, 0.3) is 6.08 Å². The van der Waals surface area contributed by atoms with Crippen LogP contribution in [0.5, 0.6) is 17.2 Å². The number of amides is 2. The van der Waals surface area contributed by atoms with Crippen molar-refractivity contribution in [1.29, 1.82) is 0 Å². The molecule has 1 N–H and O–H groups in total. The molecule has 8 nitrogen and oxygen atoms in total. The van der Waals surface area contributed by atoms with Crippen molar-refractivity contribution in [2.24, 2.45) is 0 Å². The maximum absolute atomic E-state index is 13.3. The maximum Gasteiger partial charge on any atom is 0.270 e. The fourth-order valence-corrected chi connectivity index (χ4v) is 3.50.